The smallest absolute Gasteiger partial charge is 0.335 e. The Morgan fingerprint density at radius 2 is 1.81 bits per heavy atom. The van der Waals surface area contributed by atoms with Crippen molar-refractivity contribution >= 4 is 22.6 Å². The topological polar surface area (TPSA) is 112 Å². The standard InChI is InChI=1S/C24H20N2O5/c1-31-20-13-16(7-11-19(20)27)21(26-17-8-4-15(5-9-17)24(29)30)18-10-6-14-3-2-12-25-22(14)23(18)28/h2-13,21,26-28H,1H3,(H,29,30). The first-order valence-electron chi connectivity index (χ1n) is 9.51. The molecule has 0 saturated heterocycles. The van der Waals surface area contributed by atoms with E-state index in [0.29, 0.717) is 22.5 Å². The Hall–Kier alpha value is -4.26. The predicted octanol–water partition coefficient (Wildman–Crippen LogP) is 4.55. The molecule has 0 aliphatic heterocycles. The number of nitrogens with one attached hydrogen (secondary N) is 1. The van der Waals surface area contributed by atoms with Gasteiger partial charge < -0.3 is 25.4 Å². The van der Waals surface area contributed by atoms with Gasteiger partial charge in [-0.05, 0) is 48.0 Å². The third kappa shape index (κ3) is 3.93. The van der Waals surface area contributed by atoms with Crippen LogP contribution in [0.3, 0.4) is 0 Å². The van der Waals surface area contributed by atoms with Gasteiger partial charge in [0.1, 0.15) is 11.3 Å². The number of carboxylic acid groups (broad SMARTS) is 1. The molecule has 0 aliphatic rings. The fourth-order valence-corrected chi connectivity index (χ4v) is 3.47. The zero-order valence-electron chi connectivity index (χ0n) is 16.6. The van der Waals surface area contributed by atoms with Crippen molar-refractivity contribution in [2.24, 2.45) is 0 Å². The van der Waals surface area contributed by atoms with E-state index in [2.05, 4.69) is 10.3 Å². The molecule has 0 bridgehead atoms. The number of pyridine rings is 1. The first-order valence-corrected chi connectivity index (χ1v) is 9.51. The van der Waals surface area contributed by atoms with Crippen molar-refractivity contribution in [1.29, 1.82) is 0 Å². The van der Waals surface area contributed by atoms with E-state index >= 15 is 0 Å². The highest BCUT2D eigenvalue weighted by Gasteiger charge is 2.21. The van der Waals surface area contributed by atoms with Crippen molar-refractivity contribution in [2.75, 3.05) is 12.4 Å². The van der Waals surface area contributed by atoms with Crippen molar-refractivity contribution in [3.8, 4) is 17.2 Å². The van der Waals surface area contributed by atoms with E-state index in [0.717, 1.165) is 10.9 Å². The van der Waals surface area contributed by atoms with Gasteiger partial charge in [-0.2, -0.15) is 0 Å². The van der Waals surface area contributed by atoms with Gasteiger partial charge in [-0.15, -0.1) is 0 Å². The Morgan fingerprint density at radius 1 is 1.03 bits per heavy atom. The number of carbonyl (C=O) groups is 1. The molecule has 0 spiro atoms. The number of hydrogen-bond donors (Lipinski definition) is 4. The quantitative estimate of drug-likeness (QED) is 0.365. The molecule has 1 heterocycles. The number of rotatable bonds is 6. The lowest BCUT2D eigenvalue weighted by atomic mass is 9.95. The fraction of sp³-hybridized carbons (Fsp3) is 0.0833. The van der Waals surface area contributed by atoms with Crippen molar-refractivity contribution in [2.45, 2.75) is 6.04 Å². The summed E-state index contributed by atoms with van der Waals surface area (Å²) >= 11 is 0. The molecule has 4 rings (SSSR count). The number of fused-ring (bicyclic) bond motifs is 1. The maximum atomic E-state index is 11.2. The molecule has 7 nitrogen and oxygen atoms in total. The van der Waals surface area contributed by atoms with Gasteiger partial charge in [-0.3, -0.25) is 4.98 Å². The molecular formula is C24H20N2O5. The zero-order chi connectivity index (χ0) is 22.0. The molecule has 7 heteroatoms. The molecule has 0 aliphatic carbocycles. The summed E-state index contributed by atoms with van der Waals surface area (Å²) in [6.45, 7) is 0. The maximum absolute atomic E-state index is 11.2. The van der Waals surface area contributed by atoms with E-state index in [1.54, 1.807) is 36.5 Å². The monoisotopic (exact) mass is 416 g/mol. The number of benzene rings is 3. The molecular weight excluding hydrogens is 396 g/mol. The van der Waals surface area contributed by atoms with Crippen LogP contribution in [-0.2, 0) is 0 Å². The van der Waals surface area contributed by atoms with Crippen molar-refractivity contribution in [3.05, 3.63) is 89.6 Å². The number of aromatic nitrogens is 1. The minimum absolute atomic E-state index is 0.000196. The molecule has 31 heavy (non-hydrogen) atoms. The van der Waals surface area contributed by atoms with Crippen LogP contribution in [0.4, 0.5) is 5.69 Å². The number of phenols is 2. The summed E-state index contributed by atoms with van der Waals surface area (Å²) in [6.07, 6.45) is 1.61. The molecule has 4 aromatic rings. The molecule has 1 aromatic heterocycles. The minimum atomic E-state index is -1.01. The molecule has 156 valence electrons. The van der Waals surface area contributed by atoms with Gasteiger partial charge in [0.25, 0.3) is 0 Å². The van der Waals surface area contributed by atoms with Crippen LogP contribution >= 0.6 is 0 Å². The number of aromatic carboxylic acids is 1. The van der Waals surface area contributed by atoms with Crippen LogP contribution < -0.4 is 10.1 Å². The second-order valence-electron chi connectivity index (χ2n) is 6.97. The molecule has 4 N–H and O–H groups in total. The number of nitrogens with zero attached hydrogens (tertiary/aromatic N) is 1. The number of aromatic hydroxyl groups is 2. The van der Waals surface area contributed by atoms with E-state index in [1.807, 2.05) is 18.2 Å². The Morgan fingerprint density at radius 3 is 2.52 bits per heavy atom. The van der Waals surface area contributed by atoms with Crippen LogP contribution in [0.15, 0.2) is 72.9 Å². The largest absolute Gasteiger partial charge is 0.505 e. The first kappa shape index (κ1) is 20.0. The normalized spacial score (nSPS) is 11.8. The summed E-state index contributed by atoms with van der Waals surface area (Å²) in [4.78, 5) is 15.4. The summed E-state index contributed by atoms with van der Waals surface area (Å²) in [5.74, 6) is -0.682. The minimum Gasteiger partial charge on any atom is -0.505 e. The molecule has 3 aromatic carbocycles. The Labute approximate surface area is 178 Å². The first-order chi connectivity index (χ1) is 15.0. The number of anilines is 1. The van der Waals surface area contributed by atoms with E-state index in [1.165, 1.54) is 25.3 Å². The molecule has 1 unspecified atom stereocenters. The van der Waals surface area contributed by atoms with E-state index in [4.69, 9.17) is 9.84 Å². The maximum Gasteiger partial charge on any atom is 0.335 e. The van der Waals surface area contributed by atoms with Crippen LogP contribution in [0, 0.1) is 0 Å². The van der Waals surface area contributed by atoms with E-state index in [-0.39, 0.29) is 17.1 Å². The van der Waals surface area contributed by atoms with Gasteiger partial charge in [0.15, 0.2) is 11.5 Å². The van der Waals surface area contributed by atoms with Crippen molar-refractivity contribution in [3.63, 3.8) is 0 Å². The van der Waals surface area contributed by atoms with Crippen LogP contribution in [0.1, 0.15) is 27.5 Å². The van der Waals surface area contributed by atoms with Crippen LogP contribution in [0.5, 0.6) is 17.2 Å². The van der Waals surface area contributed by atoms with Gasteiger partial charge in [0.05, 0.1) is 18.7 Å². The molecule has 0 fully saturated rings. The summed E-state index contributed by atoms with van der Waals surface area (Å²) in [5.41, 5.74) is 2.59. The Kier molecular flexibility index (Phi) is 5.32. The van der Waals surface area contributed by atoms with Gasteiger partial charge in [-0.1, -0.05) is 24.3 Å². The van der Waals surface area contributed by atoms with Crippen LogP contribution in [-0.4, -0.2) is 33.4 Å². The van der Waals surface area contributed by atoms with Crippen molar-refractivity contribution in [1.82, 2.24) is 4.98 Å². The number of phenolic OH excluding ortho intramolecular Hbond substituents is 2. The second-order valence-corrected chi connectivity index (χ2v) is 6.97. The number of carboxylic acids is 1. The predicted molar refractivity (Wildman–Crippen MR) is 117 cm³/mol. The molecule has 1 atom stereocenters. The van der Waals surface area contributed by atoms with Crippen molar-refractivity contribution < 1.29 is 24.9 Å². The third-order valence-electron chi connectivity index (χ3n) is 5.07. The molecule has 0 radical (unpaired) electrons. The lowest BCUT2D eigenvalue weighted by Gasteiger charge is -2.23. The average molecular weight is 416 g/mol. The molecule has 0 amide bonds. The van der Waals surface area contributed by atoms with Gasteiger partial charge in [0.2, 0.25) is 0 Å². The summed E-state index contributed by atoms with van der Waals surface area (Å²) in [6, 6.07) is 18.1. The van der Waals surface area contributed by atoms with Crippen LogP contribution in [0.25, 0.3) is 10.9 Å². The fourth-order valence-electron chi connectivity index (χ4n) is 3.47. The lowest BCUT2D eigenvalue weighted by Crippen LogP contribution is -2.13. The summed E-state index contributed by atoms with van der Waals surface area (Å²) in [7, 11) is 1.46. The zero-order valence-corrected chi connectivity index (χ0v) is 16.6. The second kappa shape index (κ2) is 8.23. The highest BCUT2D eigenvalue weighted by atomic mass is 16.5. The number of hydrogen-bond acceptors (Lipinski definition) is 6. The highest BCUT2D eigenvalue weighted by Crippen LogP contribution is 2.38. The SMILES string of the molecule is COc1cc(C(Nc2ccc(C(=O)O)cc2)c2ccc3cccnc3c2O)ccc1O. The highest BCUT2D eigenvalue weighted by molar-refractivity contribution is 5.88. The van der Waals surface area contributed by atoms with E-state index < -0.39 is 12.0 Å². The van der Waals surface area contributed by atoms with Gasteiger partial charge in [0, 0.05) is 22.8 Å². The van der Waals surface area contributed by atoms with Gasteiger partial charge >= 0.3 is 5.97 Å². The summed E-state index contributed by atoms with van der Waals surface area (Å²) < 4.78 is 5.25. The molecule has 0 saturated carbocycles. The lowest BCUT2D eigenvalue weighted by molar-refractivity contribution is 0.0697. The van der Waals surface area contributed by atoms with Crippen LogP contribution in [0.2, 0.25) is 0 Å². The Balaban J connectivity index is 1.83. The van der Waals surface area contributed by atoms with E-state index in [9.17, 15) is 15.0 Å². The number of ether oxygens (including phenoxy) is 1. The Bertz CT molecular complexity index is 1250. The third-order valence-corrected chi connectivity index (χ3v) is 5.07. The number of methoxy groups -OCH3 is 1. The average Bonchev–Trinajstić information content (AvgIpc) is 2.79. The van der Waals surface area contributed by atoms with Gasteiger partial charge in [-0.25, -0.2) is 4.79 Å². The summed E-state index contributed by atoms with van der Waals surface area (Å²) in [5, 5.41) is 34.3.